The molecule has 3 heterocycles. The normalized spacial score (nSPS) is 17.7. The predicted molar refractivity (Wildman–Crippen MR) is 90.6 cm³/mol. The minimum Gasteiger partial charge on any atom is -0.355 e. The van der Waals surface area contributed by atoms with Crippen LogP contribution in [0.4, 0.5) is 10.2 Å². The summed E-state index contributed by atoms with van der Waals surface area (Å²) in [6, 6.07) is 6.09. The number of aromatic nitrogens is 4. The Morgan fingerprint density at radius 1 is 1.16 bits per heavy atom. The first-order chi connectivity index (χ1) is 12.2. The Labute approximate surface area is 144 Å². The number of rotatable bonds is 3. The second-order valence-corrected chi connectivity index (χ2v) is 6.27. The minimum atomic E-state index is -0.283. The first-order valence-corrected chi connectivity index (χ1v) is 8.32. The third-order valence-corrected chi connectivity index (χ3v) is 4.38. The van der Waals surface area contributed by atoms with E-state index in [1.165, 1.54) is 12.1 Å². The second kappa shape index (κ2) is 6.58. The Balaban J connectivity index is 1.53. The molecular weight excluding hydrogens is 321 g/mol. The highest BCUT2D eigenvalue weighted by molar-refractivity contribution is 5.53. The van der Waals surface area contributed by atoms with Crippen molar-refractivity contribution in [2.75, 3.05) is 18.0 Å². The fourth-order valence-electron chi connectivity index (χ4n) is 3.11. The lowest BCUT2D eigenvalue weighted by Crippen LogP contribution is -2.35. The standard InChI is InChI=1S/C18H18FN5O/c1-12-9-20-10-16(21-12)24-8-2-3-14(11-24)18-22-17(23-25-18)13-4-6-15(19)7-5-13/h4-7,9-10,14H,2-3,8,11H2,1H3. The van der Waals surface area contributed by atoms with Crippen LogP contribution in [0.5, 0.6) is 0 Å². The van der Waals surface area contributed by atoms with Crippen LogP contribution in [0.2, 0.25) is 0 Å². The Kier molecular flexibility index (Phi) is 4.13. The fourth-order valence-corrected chi connectivity index (χ4v) is 3.11. The molecular formula is C18H18FN5O. The topological polar surface area (TPSA) is 67.9 Å². The molecule has 1 aliphatic heterocycles. The number of nitrogens with zero attached hydrogens (tertiary/aromatic N) is 5. The van der Waals surface area contributed by atoms with Gasteiger partial charge in [0.25, 0.3) is 0 Å². The monoisotopic (exact) mass is 339 g/mol. The Hall–Kier alpha value is -2.83. The molecule has 0 amide bonds. The van der Waals surface area contributed by atoms with Crippen LogP contribution in [-0.2, 0) is 0 Å². The Bertz CT molecular complexity index is 864. The van der Waals surface area contributed by atoms with E-state index in [4.69, 9.17) is 4.52 Å². The first kappa shape index (κ1) is 15.7. The van der Waals surface area contributed by atoms with Crippen LogP contribution >= 0.6 is 0 Å². The van der Waals surface area contributed by atoms with Crippen molar-refractivity contribution in [3.8, 4) is 11.4 Å². The molecule has 1 atom stereocenters. The summed E-state index contributed by atoms with van der Waals surface area (Å²) in [4.78, 5) is 15.5. The van der Waals surface area contributed by atoms with Crippen LogP contribution < -0.4 is 4.90 Å². The van der Waals surface area contributed by atoms with Gasteiger partial charge in [0.1, 0.15) is 11.6 Å². The summed E-state index contributed by atoms with van der Waals surface area (Å²) in [6.45, 7) is 3.64. The van der Waals surface area contributed by atoms with E-state index in [2.05, 4.69) is 25.0 Å². The number of piperidine rings is 1. The summed E-state index contributed by atoms with van der Waals surface area (Å²) in [5.74, 6) is 1.85. The molecule has 25 heavy (non-hydrogen) atoms. The van der Waals surface area contributed by atoms with Gasteiger partial charge < -0.3 is 9.42 Å². The second-order valence-electron chi connectivity index (χ2n) is 6.27. The number of hydrogen-bond acceptors (Lipinski definition) is 6. The van der Waals surface area contributed by atoms with Crippen LogP contribution in [0.25, 0.3) is 11.4 Å². The molecule has 0 radical (unpaired) electrons. The van der Waals surface area contributed by atoms with Gasteiger partial charge in [-0.1, -0.05) is 5.16 Å². The highest BCUT2D eigenvalue weighted by atomic mass is 19.1. The van der Waals surface area contributed by atoms with Crippen LogP contribution in [0, 0.1) is 12.7 Å². The van der Waals surface area contributed by atoms with Crippen molar-refractivity contribution < 1.29 is 8.91 Å². The molecule has 1 saturated heterocycles. The largest absolute Gasteiger partial charge is 0.355 e. The predicted octanol–water partition coefficient (Wildman–Crippen LogP) is 3.36. The molecule has 1 unspecified atom stereocenters. The van der Waals surface area contributed by atoms with Gasteiger partial charge in [0.05, 0.1) is 17.8 Å². The highest BCUT2D eigenvalue weighted by Gasteiger charge is 2.27. The van der Waals surface area contributed by atoms with E-state index in [1.54, 1.807) is 24.5 Å². The molecule has 7 heteroatoms. The smallest absolute Gasteiger partial charge is 0.231 e. The molecule has 0 spiro atoms. The maximum absolute atomic E-state index is 13.1. The third-order valence-electron chi connectivity index (χ3n) is 4.38. The maximum atomic E-state index is 13.1. The van der Waals surface area contributed by atoms with E-state index < -0.39 is 0 Å². The van der Waals surface area contributed by atoms with E-state index in [0.717, 1.165) is 43.0 Å². The van der Waals surface area contributed by atoms with Gasteiger partial charge in [-0.2, -0.15) is 4.98 Å². The molecule has 0 saturated carbocycles. The lowest BCUT2D eigenvalue weighted by Gasteiger charge is -2.31. The number of halogens is 1. The number of benzene rings is 1. The van der Waals surface area contributed by atoms with Gasteiger partial charge in [-0.25, -0.2) is 9.37 Å². The molecule has 0 aliphatic carbocycles. The summed E-state index contributed by atoms with van der Waals surface area (Å²) in [7, 11) is 0. The molecule has 128 valence electrons. The molecule has 2 aromatic heterocycles. The summed E-state index contributed by atoms with van der Waals surface area (Å²) in [5.41, 5.74) is 1.64. The van der Waals surface area contributed by atoms with Gasteiger partial charge in [-0.05, 0) is 44.0 Å². The Morgan fingerprint density at radius 3 is 2.80 bits per heavy atom. The van der Waals surface area contributed by atoms with Crippen LogP contribution in [-0.4, -0.2) is 33.2 Å². The van der Waals surface area contributed by atoms with Gasteiger partial charge >= 0.3 is 0 Å². The van der Waals surface area contributed by atoms with Gasteiger partial charge in [-0.15, -0.1) is 0 Å². The van der Waals surface area contributed by atoms with Gasteiger partial charge in [-0.3, -0.25) is 4.98 Å². The van der Waals surface area contributed by atoms with Gasteiger partial charge in [0.15, 0.2) is 0 Å². The molecule has 0 N–H and O–H groups in total. The molecule has 1 fully saturated rings. The molecule has 3 aromatic rings. The summed E-state index contributed by atoms with van der Waals surface area (Å²) >= 11 is 0. The zero-order valence-corrected chi connectivity index (χ0v) is 13.9. The summed E-state index contributed by atoms with van der Waals surface area (Å²) in [5, 5.41) is 4.05. The zero-order chi connectivity index (χ0) is 17.2. The van der Waals surface area contributed by atoms with Crippen LogP contribution in [0.15, 0.2) is 41.2 Å². The van der Waals surface area contributed by atoms with Crippen molar-refractivity contribution in [3.05, 3.63) is 54.1 Å². The van der Waals surface area contributed by atoms with Crippen molar-refractivity contribution in [2.45, 2.75) is 25.7 Å². The van der Waals surface area contributed by atoms with Crippen molar-refractivity contribution in [3.63, 3.8) is 0 Å². The van der Waals surface area contributed by atoms with Crippen molar-refractivity contribution in [2.24, 2.45) is 0 Å². The van der Waals surface area contributed by atoms with E-state index in [-0.39, 0.29) is 11.7 Å². The summed E-state index contributed by atoms with van der Waals surface area (Å²) < 4.78 is 18.5. The van der Waals surface area contributed by atoms with E-state index in [9.17, 15) is 4.39 Å². The van der Waals surface area contributed by atoms with Crippen LogP contribution in [0.3, 0.4) is 0 Å². The molecule has 6 nitrogen and oxygen atoms in total. The maximum Gasteiger partial charge on any atom is 0.231 e. The zero-order valence-electron chi connectivity index (χ0n) is 13.9. The SMILES string of the molecule is Cc1cncc(N2CCCC(c3nc(-c4ccc(F)cc4)no3)C2)n1. The molecule has 1 aliphatic rings. The van der Waals surface area contributed by atoms with Crippen molar-refractivity contribution in [1.82, 2.24) is 20.1 Å². The van der Waals surface area contributed by atoms with Crippen LogP contribution in [0.1, 0.15) is 30.3 Å². The average Bonchev–Trinajstić information content (AvgIpc) is 3.13. The molecule has 0 bridgehead atoms. The van der Waals surface area contributed by atoms with E-state index >= 15 is 0 Å². The number of aryl methyl sites for hydroxylation is 1. The lowest BCUT2D eigenvalue weighted by molar-refractivity contribution is 0.333. The molecule has 4 rings (SSSR count). The molecule has 1 aromatic carbocycles. The number of hydrogen-bond donors (Lipinski definition) is 0. The summed E-state index contributed by atoms with van der Waals surface area (Å²) in [6.07, 6.45) is 5.54. The van der Waals surface area contributed by atoms with Gasteiger partial charge in [0, 0.05) is 24.8 Å². The van der Waals surface area contributed by atoms with Crippen molar-refractivity contribution in [1.29, 1.82) is 0 Å². The quantitative estimate of drug-likeness (QED) is 0.729. The first-order valence-electron chi connectivity index (χ1n) is 8.32. The average molecular weight is 339 g/mol. The van der Waals surface area contributed by atoms with Gasteiger partial charge in [0.2, 0.25) is 11.7 Å². The third kappa shape index (κ3) is 3.35. The van der Waals surface area contributed by atoms with Crippen molar-refractivity contribution >= 4 is 5.82 Å². The minimum absolute atomic E-state index is 0.151. The number of anilines is 1. The Morgan fingerprint density at radius 2 is 2.00 bits per heavy atom. The highest BCUT2D eigenvalue weighted by Crippen LogP contribution is 2.29. The van der Waals surface area contributed by atoms with E-state index in [0.29, 0.717) is 11.7 Å². The lowest BCUT2D eigenvalue weighted by atomic mass is 9.98. The van der Waals surface area contributed by atoms with E-state index in [1.807, 2.05) is 6.92 Å². The fraction of sp³-hybridized carbons (Fsp3) is 0.333.